The third-order valence-electron chi connectivity index (χ3n) is 6.50. The van der Waals surface area contributed by atoms with Gasteiger partial charge in [0, 0.05) is 12.1 Å². The van der Waals surface area contributed by atoms with E-state index in [9.17, 15) is 0 Å². The van der Waals surface area contributed by atoms with E-state index in [2.05, 4.69) is 62.5 Å². The Kier molecular flexibility index (Phi) is 9.43. The number of fused-ring (bicyclic) bond motifs is 1. The molecule has 0 radical (unpaired) electrons. The van der Waals surface area contributed by atoms with Crippen molar-refractivity contribution in [1.29, 1.82) is 5.41 Å². The van der Waals surface area contributed by atoms with Crippen LogP contribution in [0, 0.1) is 35.0 Å². The van der Waals surface area contributed by atoms with Gasteiger partial charge in [-0.2, -0.15) is 0 Å². The zero-order chi connectivity index (χ0) is 22.4. The van der Waals surface area contributed by atoms with Crippen molar-refractivity contribution in [3.63, 3.8) is 0 Å². The van der Waals surface area contributed by atoms with E-state index in [0.717, 1.165) is 29.5 Å². The zero-order valence-electron chi connectivity index (χ0n) is 18.8. The van der Waals surface area contributed by atoms with Crippen LogP contribution in [0.3, 0.4) is 0 Å². The lowest BCUT2D eigenvalue weighted by molar-refractivity contribution is 0.379. The molecule has 0 aliphatic heterocycles. The van der Waals surface area contributed by atoms with Crippen LogP contribution in [0.1, 0.15) is 59.8 Å². The number of aliphatic imine (C=N–C) groups is 1. The van der Waals surface area contributed by atoms with Crippen molar-refractivity contribution in [3.05, 3.63) is 48.1 Å². The van der Waals surface area contributed by atoms with Crippen molar-refractivity contribution in [2.75, 3.05) is 0 Å². The van der Waals surface area contributed by atoms with Crippen LogP contribution >= 0.6 is 23.2 Å². The number of nitrogens with zero attached hydrogens (tertiary/aromatic N) is 1. The smallest absolute Gasteiger partial charge is 0.196 e. The third kappa shape index (κ3) is 7.42. The lowest BCUT2D eigenvalue weighted by atomic mass is 9.79. The summed E-state index contributed by atoms with van der Waals surface area (Å²) < 4.78 is 0. The van der Waals surface area contributed by atoms with Crippen LogP contribution in [0.15, 0.2) is 53.1 Å². The maximum atomic E-state index is 7.25. The summed E-state index contributed by atoms with van der Waals surface area (Å²) in [6.45, 7) is 17.1. The molecule has 0 aromatic rings. The fourth-order valence-corrected chi connectivity index (χ4v) is 4.94. The van der Waals surface area contributed by atoms with Crippen molar-refractivity contribution in [2.24, 2.45) is 34.6 Å². The average molecular weight is 450 g/mol. The molecule has 0 bridgehead atoms. The Balaban J connectivity index is 2.17. The summed E-state index contributed by atoms with van der Waals surface area (Å²) in [6.07, 6.45) is 12.5. The quantitative estimate of drug-likeness (QED) is 0.0843. The molecule has 2 rings (SSSR count). The van der Waals surface area contributed by atoms with E-state index in [1.54, 1.807) is 5.57 Å². The number of hydrogen-bond acceptors (Lipinski definition) is 2. The van der Waals surface area contributed by atoms with E-state index < -0.39 is 5.62 Å². The number of allylic oxidation sites excluding steroid dienone is 6. The van der Waals surface area contributed by atoms with Crippen molar-refractivity contribution in [3.8, 4) is 0 Å². The first-order valence-corrected chi connectivity index (χ1v) is 11.8. The zero-order valence-corrected chi connectivity index (χ0v) is 20.4. The summed E-state index contributed by atoms with van der Waals surface area (Å²) in [5, 5.41) is 9.60. The largest absolute Gasteiger partial charge is 0.327 e. The SMILES string of the molecule is C=CC(C)[C@@H](C)C[C@@H](C)/C(=C\C(=C)C/C(C)=N/C(Cl)NC(=N)Cl)C1=CCCC2C[C@@H]12. The molecule has 6 atom stereocenters. The fourth-order valence-electron chi connectivity index (χ4n) is 4.50. The summed E-state index contributed by atoms with van der Waals surface area (Å²) in [7, 11) is 0. The molecule has 0 amide bonds. The molecule has 3 unspecified atom stereocenters. The number of nitrogens with one attached hydrogen (secondary N) is 2. The van der Waals surface area contributed by atoms with Gasteiger partial charge >= 0.3 is 0 Å². The van der Waals surface area contributed by atoms with Crippen molar-refractivity contribution in [2.45, 2.75) is 65.4 Å². The highest BCUT2D eigenvalue weighted by atomic mass is 35.5. The summed E-state index contributed by atoms with van der Waals surface area (Å²) in [5.74, 6) is 3.20. The number of rotatable bonds is 11. The van der Waals surface area contributed by atoms with Gasteiger partial charge in [-0.1, -0.05) is 57.2 Å². The van der Waals surface area contributed by atoms with Crippen molar-refractivity contribution >= 4 is 34.2 Å². The van der Waals surface area contributed by atoms with Gasteiger partial charge in [0.15, 0.2) is 10.9 Å². The van der Waals surface area contributed by atoms with Crippen molar-refractivity contribution < 1.29 is 0 Å². The molecule has 1 fully saturated rings. The van der Waals surface area contributed by atoms with Crippen LogP contribution in [0.25, 0.3) is 0 Å². The summed E-state index contributed by atoms with van der Waals surface area (Å²) >= 11 is 11.6. The van der Waals surface area contributed by atoms with Gasteiger partial charge in [0.05, 0.1) is 0 Å². The highest BCUT2D eigenvalue weighted by Crippen LogP contribution is 2.53. The van der Waals surface area contributed by atoms with Gasteiger partial charge < -0.3 is 5.32 Å². The maximum Gasteiger partial charge on any atom is 0.196 e. The molecule has 0 aromatic carbocycles. The highest BCUT2D eigenvalue weighted by molar-refractivity contribution is 6.64. The number of amidine groups is 1. The first kappa shape index (κ1) is 24.9. The van der Waals surface area contributed by atoms with E-state index in [0.29, 0.717) is 24.2 Å². The molecule has 0 saturated heterocycles. The standard InChI is InChI=1S/C25H37Cl2N3/c1-7-16(3)17(4)13-18(5)22(21-10-8-9-20-14-23(20)21)12-15(2)11-19(6)29-25(27)30-24(26)28/h7,10,12,16-18,20,23,25H,1-2,8-9,11,13-14H2,3-6H3,(H2,28,30)/b22-12+,29-19+/t16?,17-,18+,20?,23+,25?/m0/s1. The van der Waals surface area contributed by atoms with Crippen LogP contribution in [-0.2, 0) is 0 Å². The molecule has 30 heavy (non-hydrogen) atoms. The molecular formula is C25H37Cl2N3. The van der Waals surface area contributed by atoms with Gasteiger partial charge in [-0.3, -0.25) is 10.4 Å². The molecule has 0 heterocycles. The Bertz CT molecular complexity index is 749. The minimum absolute atomic E-state index is 0.215. The Morgan fingerprint density at radius 1 is 1.40 bits per heavy atom. The second-order valence-electron chi connectivity index (χ2n) is 9.14. The van der Waals surface area contributed by atoms with E-state index >= 15 is 0 Å². The molecule has 2 aliphatic rings. The van der Waals surface area contributed by atoms with Crippen LogP contribution < -0.4 is 5.32 Å². The molecular weight excluding hydrogens is 413 g/mol. The fraction of sp³-hybridized carbons (Fsp3) is 0.600. The molecule has 2 aliphatic carbocycles. The van der Waals surface area contributed by atoms with E-state index in [1.165, 1.54) is 24.8 Å². The van der Waals surface area contributed by atoms with Gasteiger partial charge in [0.2, 0.25) is 0 Å². The number of hydrogen-bond donors (Lipinski definition) is 2. The van der Waals surface area contributed by atoms with Crippen LogP contribution in [0.5, 0.6) is 0 Å². The second-order valence-corrected chi connectivity index (χ2v) is 9.93. The minimum Gasteiger partial charge on any atom is -0.327 e. The van der Waals surface area contributed by atoms with E-state index in [-0.39, 0.29) is 5.29 Å². The van der Waals surface area contributed by atoms with Crippen LogP contribution in [0.2, 0.25) is 0 Å². The Morgan fingerprint density at radius 2 is 2.10 bits per heavy atom. The van der Waals surface area contributed by atoms with E-state index in [1.807, 2.05) is 6.92 Å². The van der Waals surface area contributed by atoms with E-state index in [4.69, 9.17) is 28.6 Å². The normalized spacial score (nSPS) is 25.3. The lowest BCUT2D eigenvalue weighted by Crippen LogP contribution is -2.25. The van der Waals surface area contributed by atoms with Crippen molar-refractivity contribution in [1.82, 2.24) is 5.32 Å². The van der Waals surface area contributed by atoms with Crippen LogP contribution in [0.4, 0.5) is 0 Å². The number of halogens is 2. The molecule has 0 spiro atoms. The van der Waals surface area contributed by atoms with Gasteiger partial charge in [-0.15, -0.1) is 6.58 Å². The second kappa shape index (κ2) is 11.3. The molecule has 0 aromatic heterocycles. The lowest BCUT2D eigenvalue weighted by Gasteiger charge is -2.26. The molecule has 5 heteroatoms. The Labute approximate surface area is 192 Å². The van der Waals surface area contributed by atoms with Gasteiger partial charge in [-0.25, -0.2) is 0 Å². The Hall–Kier alpha value is -1.32. The first-order chi connectivity index (χ1) is 14.1. The van der Waals surface area contributed by atoms with Gasteiger partial charge in [-0.05, 0) is 90.5 Å². The predicted molar refractivity (Wildman–Crippen MR) is 133 cm³/mol. The first-order valence-electron chi connectivity index (χ1n) is 11.0. The Morgan fingerprint density at radius 3 is 2.73 bits per heavy atom. The predicted octanol–water partition coefficient (Wildman–Crippen LogP) is 7.45. The molecule has 3 nitrogen and oxygen atoms in total. The molecule has 166 valence electrons. The molecule has 2 N–H and O–H groups in total. The van der Waals surface area contributed by atoms with Gasteiger partial charge in [0.25, 0.3) is 0 Å². The van der Waals surface area contributed by atoms with Gasteiger partial charge in [0.1, 0.15) is 0 Å². The monoisotopic (exact) mass is 449 g/mol. The highest BCUT2D eigenvalue weighted by Gasteiger charge is 2.42. The third-order valence-corrected chi connectivity index (χ3v) is 6.82. The topological polar surface area (TPSA) is 48.2 Å². The summed E-state index contributed by atoms with van der Waals surface area (Å²) in [6, 6.07) is 0. The summed E-state index contributed by atoms with van der Waals surface area (Å²) in [4.78, 5) is 4.36. The van der Waals surface area contributed by atoms with Crippen LogP contribution in [-0.4, -0.2) is 16.6 Å². The average Bonchev–Trinajstić information content (AvgIpc) is 3.44. The summed E-state index contributed by atoms with van der Waals surface area (Å²) in [5.41, 5.74) is 4.17. The minimum atomic E-state index is -0.736. The maximum absolute atomic E-state index is 7.25. The molecule has 1 saturated carbocycles. The number of alkyl halides is 1.